The Morgan fingerprint density at radius 1 is 1.47 bits per heavy atom. The zero-order valence-electron chi connectivity index (χ0n) is 9.04. The van der Waals surface area contributed by atoms with E-state index in [-0.39, 0.29) is 0 Å². The standard InChI is InChI=1S/C12H17ClN2/c1-9-2-3-15(7-9)8-10-4-11(13)6-12(14)5-10/h4-6,9H,2-3,7-8,14H2,1H3. The molecule has 1 unspecified atom stereocenters. The predicted octanol–water partition coefficient (Wildman–Crippen LogP) is 2.76. The number of rotatable bonds is 2. The van der Waals surface area contributed by atoms with Crippen LogP contribution in [0.2, 0.25) is 5.02 Å². The molecule has 0 saturated carbocycles. The zero-order chi connectivity index (χ0) is 10.8. The molecular weight excluding hydrogens is 208 g/mol. The average Bonchev–Trinajstić information content (AvgIpc) is 2.49. The number of nitrogen functional groups attached to an aromatic ring is 1. The molecule has 0 bridgehead atoms. The highest BCUT2D eigenvalue weighted by Gasteiger charge is 2.18. The van der Waals surface area contributed by atoms with Crippen LogP contribution in [0.5, 0.6) is 0 Å². The zero-order valence-corrected chi connectivity index (χ0v) is 9.80. The van der Waals surface area contributed by atoms with Gasteiger partial charge in [-0.1, -0.05) is 18.5 Å². The first-order valence-electron chi connectivity index (χ1n) is 5.41. The number of benzene rings is 1. The van der Waals surface area contributed by atoms with Gasteiger partial charge in [0.1, 0.15) is 0 Å². The highest BCUT2D eigenvalue weighted by molar-refractivity contribution is 6.30. The van der Waals surface area contributed by atoms with Gasteiger partial charge in [0.15, 0.2) is 0 Å². The van der Waals surface area contributed by atoms with E-state index >= 15 is 0 Å². The fourth-order valence-corrected chi connectivity index (χ4v) is 2.46. The van der Waals surface area contributed by atoms with E-state index in [1.807, 2.05) is 12.1 Å². The number of hydrogen-bond donors (Lipinski definition) is 1. The SMILES string of the molecule is CC1CCN(Cc2cc(N)cc(Cl)c2)C1. The number of nitrogens with two attached hydrogens (primary N) is 1. The van der Waals surface area contributed by atoms with Crippen molar-refractivity contribution < 1.29 is 0 Å². The van der Waals surface area contributed by atoms with Crippen molar-refractivity contribution in [3.63, 3.8) is 0 Å². The van der Waals surface area contributed by atoms with Gasteiger partial charge in [0.25, 0.3) is 0 Å². The highest BCUT2D eigenvalue weighted by Crippen LogP contribution is 2.21. The van der Waals surface area contributed by atoms with Crippen LogP contribution >= 0.6 is 11.6 Å². The van der Waals surface area contributed by atoms with E-state index in [1.165, 1.54) is 25.1 Å². The van der Waals surface area contributed by atoms with Gasteiger partial charge in [0, 0.05) is 23.8 Å². The van der Waals surface area contributed by atoms with Crippen molar-refractivity contribution in [2.75, 3.05) is 18.8 Å². The Labute approximate surface area is 96.0 Å². The quantitative estimate of drug-likeness (QED) is 0.783. The Bertz CT molecular complexity index is 331. The van der Waals surface area contributed by atoms with E-state index in [2.05, 4.69) is 11.8 Å². The lowest BCUT2D eigenvalue weighted by atomic mass is 10.2. The Morgan fingerprint density at radius 3 is 2.87 bits per heavy atom. The summed E-state index contributed by atoms with van der Waals surface area (Å²) >= 11 is 5.97. The highest BCUT2D eigenvalue weighted by atomic mass is 35.5. The lowest BCUT2D eigenvalue weighted by Crippen LogP contribution is -2.19. The number of nitrogens with zero attached hydrogens (tertiary/aromatic N) is 1. The number of likely N-dealkylation sites (tertiary alicyclic amines) is 1. The topological polar surface area (TPSA) is 29.3 Å². The summed E-state index contributed by atoms with van der Waals surface area (Å²) in [7, 11) is 0. The van der Waals surface area contributed by atoms with E-state index in [4.69, 9.17) is 17.3 Å². The minimum Gasteiger partial charge on any atom is -0.399 e. The molecule has 0 radical (unpaired) electrons. The Morgan fingerprint density at radius 2 is 2.27 bits per heavy atom. The molecule has 1 saturated heterocycles. The fourth-order valence-electron chi connectivity index (χ4n) is 2.19. The molecule has 0 aromatic heterocycles. The number of anilines is 1. The third-order valence-electron chi connectivity index (χ3n) is 2.89. The molecule has 2 nitrogen and oxygen atoms in total. The smallest absolute Gasteiger partial charge is 0.0429 e. The van der Waals surface area contributed by atoms with Gasteiger partial charge in [-0.2, -0.15) is 0 Å². The predicted molar refractivity (Wildman–Crippen MR) is 64.9 cm³/mol. The van der Waals surface area contributed by atoms with Crippen LogP contribution in [0.1, 0.15) is 18.9 Å². The van der Waals surface area contributed by atoms with Crippen LogP contribution in [0.4, 0.5) is 5.69 Å². The molecule has 1 heterocycles. The van der Waals surface area contributed by atoms with Crippen molar-refractivity contribution in [2.24, 2.45) is 5.92 Å². The molecule has 0 spiro atoms. The van der Waals surface area contributed by atoms with E-state index in [0.29, 0.717) is 0 Å². The molecule has 82 valence electrons. The van der Waals surface area contributed by atoms with Gasteiger partial charge < -0.3 is 5.73 Å². The van der Waals surface area contributed by atoms with Crippen molar-refractivity contribution in [1.82, 2.24) is 4.90 Å². The molecule has 2 rings (SSSR count). The van der Waals surface area contributed by atoms with Gasteiger partial charge in [0.2, 0.25) is 0 Å². The van der Waals surface area contributed by atoms with Crippen molar-refractivity contribution in [3.05, 3.63) is 28.8 Å². The maximum absolute atomic E-state index is 5.97. The molecule has 1 aromatic carbocycles. The molecule has 2 N–H and O–H groups in total. The normalized spacial score (nSPS) is 22.1. The minimum absolute atomic E-state index is 0.734. The Hall–Kier alpha value is -0.730. The van der Waals surface area contributed by atoms with Gasteiger partial charge in [-0.25, -0.2) is 0 Å². The second kappa shape index (κ2) is 4.42. The molecular formula is C12H17ClN2. The van der Waals surface area contributed by atoms with Crippen LogP contribution < -0.4 is 5.73 Å². The summed E-state index contributed by atoms with van der Waals surface area (Å²) < 4.78 is 0. The van der Waals surface area contributed by atoms with Crippen LogP contribution in [-0.4, -0.2) is 18.0 Å². The second-order valence-corrected chi connectivity index (χ2v) is 4.96. The van der Waals surface area contributed by atoms with Crippen molar-refractivity contribution in [3.8, 4) is 0 Å². The molecule has 1 aliphatic rings. The van der Waals surface area contributed by atoms with Crippen LogP contribution in [0.15, 0.2) is 18.2 Å². The lowest BCUT2D eigenvalue weighted by Gasteiger charge is -2.15. The number of hydrogen-bond acceptors (Lipinski definition) is 2. The van der Waals surface area contributed by atoms with Crippen molar-refractivity contribution >= 4 is 17.3 Å². The lowest BCUT2D eigenvalue weighted by molar-refractivity contribution is 0.320. The van der Waals surface area contributed by atoms with E-state index in [0.717, 1.165) is 23.2 Å². The van der Waals surface area contributed by atoms with Crippen molar-refractivity contribution in [1.29, 1.82) is 0 Å². The summed E-state index contributed by atoms with van der Waals surface area (Å²) in [5.41, 5.74) is 7.73. The van der Waals surface area contributed by atoms with E-state index in [9.17, 15) is 0 Å². The molecule has 3 heteroatoms. The third-order valence-corrected chi connectivity index (χ3v) is 3.11. The van der Waals surface area contributed by atoms with Gasteiger partial charge in [-0.05, 0) is 42.6 Å². The Kier molecular flexibility index (Phi) is 3.17. The van der Waals surface area contributed by atoms with Crippen LogP contribution in [-0.2, 0) is 6.54 Å². The average molecular weight is 225 g/mol. The van der Waals surface area contributed by atoms with Gasteiger partial charge in [0.05, 0.1) is 0 Å². The summed E-state index contributed by atoms with van der Waals surface area (Å²) in [6.07, 6.45) is 1.30. The molecule has 0 amide bonds. The van der Waals surface area contributed by atoms with Gasteiger partial charge in [-0.15, -0.1) is 0 Å². The molecule has 1 aromatic rings. The van der Waals surface area contributed by atoms with Crippen LogP contribution in [0.3, 0.4) is 0 Å². The second-order valence-electron chi connectivity index (χ2n) is 4.52. The fraction of sp³-hybridized carbons (Fsp3) is 0.500. The largest absolute Gasteiger partial charge is 0.399 e. The Balaban J connectivity index is 2.04. The monoisotopic (exact) mass is 224 g/mol. The van der Waals surface area contributed by atoms with E-state index < -0.39 is 0 Å². The number of halogens is 1. The van der Waals surface area contributed by atoms with Crippen LogP contribution in [0, 0.1) is 5.92 Å². The molecule has 15 heavy (non-hydrogen) atoms. The first-order valence-corrected chi connectivity index (χ1v) is 5.78. The third kappa shape index (κ3) is 2.86. The summed E-state index contributed by atoms with van der Waals surface area (Å²) in [6.45, 7) is 5.64. The first kappa shape index (κ1) is 10.8. The molecule has 0 aliphatic carbocycles. The van der Waals surface area contributed by atoms with Crippen LogP contribution in [0.25, 0.3) is 0 Å². The van der Waals surface area contributed by atoms with Crippen molar-refractivity contribution in [2.45, 2.75) is 19.9 Å². The summed E-state index contributed by atoms with van der Waals surface area (Å²) in [5.74, 6) is 0.821. The summed E-state index contributed by atoms with van der Waals surface area (Å²) in [5, 5.41) is 0.734. The van der Waals surface area contributed by atoms with Gasteiger partial charge in [-0.3, -0.25) is 4.90 Å². The molecule has 1 atom stereocenters. The van der Waals surface area contributed by atoms with E-state index in [1.54, 1.807) is 6.07 Å². The summed E-state index contributed by atoms with van der Waals surface area (Å²) in [4.78, 5) is 2.45. The minimum atomic E-state index is 0.734. The maximum atomic E-state index is 5.97. The maximum Gasteiger partial charge on any atom is 0.0429 e. The van der Waals surface area contributed by atoms with Gasteiger partial charge >= 0.3 is 0 Å². The summed E-state index contributed by atoms with van der Waals surface area (Å²) in [6, 6.07) is 5.80. The first-order chi connectivity index (χ1) is 7.13. The molecule has 1 aliphatic heterocycles. The molecule has 1 fully saturated rings.